The van der Waals surface area contributed by atoms with Gasteiger partial charge < -0.3 is 10.4 Å². The van der Waals surface area contributed by atoms with Crippen molar-refractivity contribution in [1.29, 1.82) is 0 Å². The molecule has 1 aliphatic rings. The van der Waals surface area contributed by atoms with Crippen molar-refractivity contribution in [3.8, 4) is 5.75 Å². The minimum absolute atomic E-state index is 0.0735. The molecule has 2 N–H and O–H groups in total. The third kappa shape index (κ3) is 3.25. The molecule has 0 spiro atoms. The topological polar surface area (TPSA) is 66.4 Å². The number of sulfone groups is 1. The summed E-state index contributed by atoms with van der Waals surface area (Å²) in [4.78, 5) is 0. The van der Waals surface area contributed by atoms with Crippen molar-refractivity contribution in [3.05, 3.63) is 29.6 Å². The van der Waals surface area contributed by atoms with Crippen molar-refractivity contribution in [3.63, 3.8) is 0 Å². The molecule has 0 amide bonds. The van der Waals surface area contributed by atoms with Crippen molar-refractivity contribution in [2.24, 2.45) is 0 Å². The van der Waals surface area contributed by atoms with E-state index in [1.54, 1.807) is 6.92 Å². The van der Waals surface area contributed by atoms with Gasteiger partial charge in [0.15, 0.2) is 9.84 Å². The number of phenols is 1. The molecule has 1 aliphatic heterocycles. The largest absolute Gasteiger partial charge is 0.508 e. The Morgan fingerprint density at radius 1 is 1.47 bits per heavy atom. The number of halogens is 1. The fraction of sp³-hybridized carbons (Fsp3) is 0.538. The summed E-state index contributed by atoms with van der Waals surface area (Å²) in [5.41, 5.74) is -0.105. The van der Waals surface area contributed by atoms with Crippen LogP contribution in [0.15, 0.2) is 18.2 Å². The predicted molar refractivity (Wildman–Crippen MR) is 71.3 cm³/mol. The Morgan fingerprint density at radius 3 is 2.68 bits per heavy atom. The van der Waals surface area contributed by atoms with Crippen molar-refractivity contribution >= 4 is 9.84 Å². The number of nitrogens with one attached hydrogen (secondary N) is 1. The monoisotopic (exact) mass is 287 g/mol. The second-order valence-corrected chi connectivity index (χ2v) is 7.66. The molecule has 6 heteroatoms. The summed E-state index contributed by atoms with van der Waals surface area (Å²) < 4.78 is 36.8. The molecule has 0 saturated carbocycles. The van der Waals surface area contributed by atoms with Crippen molar-refractivity contribution in [2.75, 3.05) is 11.5 Å². The summed E-state index contributed by atoms with van der Waals surface area (Å²) in [6, 6.07) is 3.67. The highest BCUT2D eigenvalue weighted by atomic mass is 32.2. The zero-order chi connectivity index (χ0) is 14.3. The van der Waals surface area contributed by atoms with Crippen LogP contribution >= 0.6 is 0 Å². The Bertz CT molecular complexity index is 588. The maximum absolute atomic E-state index is 13.7. The third-order valence-electron chi connectivity index (χ3n) is 3.52. The van der Waals surface area contributed by atoms with Crippen LogP contribution in [0.4, 0.5) is 4.39 Å². The van der Waals surface area contributed by atoms with Gasteiger partial charge in [0, 0.05) is 23.2 Å². The van der Waals surface area contributed by atoms with Crippen LogP contribution in [0, 0.1) is 5.82 Å². The average Bonchev–Trinajstić information content (AvgIpc) is 2.52. The van der Waals surface area contributed by atoms with Crippen LogP contribution in [-0.2, 0) is 9.84 Å². The van der Waals surface area contributed by atoms with E-state index in [4.69, 9.17) is 0 Å². The number of aromatic hydroxyl groups is 1. The van der Waals surface area contributed by atoms with Gasteiger partial charge in [0.25, 0.3) is 0 Å². The van der Waals surface area contributed by atoms with Gasteiger partial charge in [-0.3, -0.25) is 0 Å². The quantitative estimate of drug-likeness (QED) is 0.889. The van der Waals surface area contributed by atoms with Crippen molar-refractivity contribution in [2.45, 2.75) is 31.8 Å². The van der Waals surface area contributed by atoms with Gasteiger partial charge in [-0.05, 0) is 26.3 Å². The lowest BCUT2D eigenvalue weighted by molar-refractivity contribution is 0.349. The zero-order valence-corrected chi connectivity index (χ0v) is 11.8. The molecule has 1 aromatic carbocycles. The van der Waals surface area contributed by atoms with Gasteiger partial charge in [-0.15, -0.1) is 0 Å². The Kier molecular flexibility index (Phi) is 3.57. The Labute approximate surface area is 112 Å². The molecule has 0 aliphatic carbocycles. The summed E-state index contributed by atoms with van der Waals surface area (Å²) in [6.07, 6.45) is 0.527. The molecule has 1 fully saturated rings. The number of hydrogen-bond donors (Lipinski definition) is 2. The highest BCUT2D eigenvalue weighted by Crippen LogP contribution is 2.28. The summed E-state index contributed by atoms with van der Waals surface area (Å²) in [5.74, 6) is -0.377. The first-order valence-corrected chi connectivity index (χ1v) is 7.99. The molecule has 0 radical (unpaired) electrons. The lowest BCUT2D eigenvalue weighted by Gasteiger charge is -2.29. The molecule has 4 nitrogen and oxygen atoms in total. The van der Waals surface area contributed by atoms with Gasteiger partial charge in [-0.1, -0.05) is 6.07 Å². The smallest absolute Gasteiger partial charge is 0.152 e. The molecule has 2 unspecified atom stereocenters. The van der Waals surface area contributed by atoms with Gasteiger partial charge in [0.05, 0.1) is 11.5 Å². The molecular formula is C13H18FNO3S. The van der Waals surface area contributed by atoms with E-state index in [0.717, 1.165) is 6.07 Å². The second-order valence-electron chi connectivity index (χ2n) is 5.47. The van der Waals surface area contributed by atoms with E-state index >= 15 is 0 Å². The predicted octanol–water partition coefficient (Wildman–Crippen LogP) is 1.76. The molecule has 1 saturated heterocycles. The maximum Gasteiger partial charge on any atom is 0.152 e. The van der Waals surface area contributed by atoms with E-state index in [9.17, 15) is 17.9 Å². The fourth-order valence-corrected chi connectivity index (χ4v) is 4.70. The molecule has 1 heterocycles. The molecule has 0 bridgehead atoms. The van der Waals surface area contributed by atoms with E-state index in [1.807, 2.05) is 6.92 Å². The van der Waals surface area contributed by atoms with Crippen LogP contribution < -0.4 is 5.32 Å². The lowest BCUT2D eigenvalue weighted by atomic mass is 9.98. The zero-order valence-electron chi connectivity index (χ0n) is 11.0. The van der Waals surface area contributed by atoms with Gasteiger partial charge in [0.1, 0.15) is 11.6 Å². The first-order chi connectivity index (χ1) is 8.71. The Morgan fingerprint density at radius 2 is 2.16 bits per heavy atom. The van der Waals surface area contributed by atoms with Crippen molar-refractivity contribution in [1.82, 2.24) is 5.32 Å². The van der Waals surface area contributed by atoms with Crippen LogP contribution in [0.1, 0.15) is 31.9 Å². The van der Waals surface area contributed by atoms with Gasteiger partial charge in [-0.2, -0.15) is 0 Å². The van der Waals surface area contributed by atoms with Crippen LogP contribution in [0.5, 0.6) is 5.75 Å². The van der Waals surface area contributed by atoms with Crippen LogP contribution in [0.2, 0.25) is 0 Å². The average molecular weight is 287 g/mol. The molecule has 1 aromatic rings. The molecule has 2 atom stereocenters. The molecule has 2 rings (SSSR count). The first-order valence-electron chi connectivity index (χ1n) is 6.17. The summed E-state index contributed by atoms with van der Waals surface area (Å²) in [6.45, 7) is 3.62. The third-order valence-corrected chi connectivity index (χ3v) is 5.42. The molecule has 0 aromatic heterocycles. The standard InChI is InChI=1S/C13H18FNO3S/c1-9(11-4-3-10(16)7-12(11)14)15-13(2)5-6-19(17,18)8-13/h3-4,7,9,15-16H,5-6,8H2,1-2H3. The minimum Gasteiger partial charge on any atom is -0.508 e. The highest BCUT2D eigenvalue weighted by molar-refractivity contribution is 7.91. The van der Waals surface area contributed by atoms with Gasteiger partial charge >= 0.3 is 0 Å². The van der Waals surface area contributed by atoms with E-state index in [-0.39, 0.29) is 23.3 Å². The lowest BCUT2D eigenvalue weighted by Crippen LogP contribution is -2.44. The van der Waals surface area contributed by atoms with Crippen LogP contribution in [0.25, 0.3) is 0 Å². The number of benzene rings is 1. The maximum atomic E-state index is 13.7. The molecule has 106 valence electrons. The summed E-state index contributed by atoms with van der Waals surface area (Å²) >= 11 is 0. The fourth-order valence-electron chi connectivity index (χ4n) is 2.59. The Hall–Kier alpha value is -1.14. The normalized spacial score (nSPS) is 27.3. The van der Waals surface area contributed by atoms with Gasteiger partial charge in [0.2, 0.25) is 0 Å². The van der Waals surface area contributed by atoms with Crippen molar-refractivity contribution < 1.29 is 17.9 Å². The summed E-state index contributed by atoms with van der Waals surface area (Å²) in [7, 11) is -2.99. The number of hydrogen-bond acceptors (Lipinski definition) is 4. The van der Waals surface area contributed by atoms with E-state index < -0.39 is 21.2 Å². The second kappa shape index (κ2) is 4.76. The summed E-state index contributed by atoms with van der Waals surface area (Å²) in [5, 5.41) is 12.4. The SMILES string of the molecule is CC(NC1(C)CCS(=O)(=O)C1)c1ccc(O)cc1F. The van der Waals surface area contributed by atoms with E-state index in [0.29, 0.717) is 12.0 Å². The first kappa shape index (κ1) is 14.3. The van der Waals surface area contributed by atoms with E-state index in [1.165, 1.54) is 12.1 Å². The van der Waals surface area contributed by atoms with Crippen LogP contribution in [0.3, 0.4) is 0 Å². The Balaban J connectivity index is 2.15. The number of phenolic OH excluding ortho intramolecular Hbond substituents is 1. The van der Waals surface area contributed by atoms with Crippen LogP contribution in [-0.4, -0.2) is 30.6 Å². The molecular weight excluding hydrogens is 269 g/mol. The van der Waals surface area contributed by atoms with Gasteiger partial charge in [-0.25, -0.2) is 12.8 Å². The minimum atomic E-state index is -2.99. The van der Waals surface area contributed by atoms with E-state index in [2.05, 4.69) is 5.32 Å². The highest BCUT2D eigenvalue weighted by Gasteiger charge is 2.39. The number of rotatable bonds is 3. The molecule has 19 heavy (non-hydrogen) atoms.